The zero-order valence-electron chi connectivity index (χ0n) is 7.20. The normalized spacial score (nSPS) is 12.8. The standard InChI is InChI=1S/C9H12O3/c1-6(9(10)11)5-8-4-3-7(2)12-8/h3-4,6H,5H2,1-2H3,(H,10,11)/t6-/m1/s1. The molecule has 1 heterocycles. The molecule has 0 spiro atoms. The molecule has 1 aromatic rings. The molecule has 3 heteroatoms. The first-order chi connectivity index (χ1) is 5.59. The number of furan rings is 1. The monoisotopic (exact) mass is 168 g/mol. The van der Waals surface area contributed by atoms with Crippen LogP contribution in [0.3, 0.4) is 0 Å². The van der Waals surface area contributed by atoms with Crippen molar-refractivity contribution in [3.05, 3.63) is 23.7 Å². The summed E-state index contributed by atoms with van der Waals surface area (Å²) in [5.41, 5.74) is 0. The minimum atomic E-state index is -0.788. The fraction of sp³-hybridized carbons (Fsp3) is 0.444. The third kappa shape index (κ3) is 2.12. The minimum absolute atomic E-state index is 0.379. The van der Waals surface area contributed by atoms with E-state index in [2.05, 4.69) is 0 Å². The Balaban J connectivity index is 2.58. The molecular weight excluding hydrogens is 156 g/mol. The summed E-state index contributed by atoms with van der Waals surface area (Å²) in [6.07, 6.45) is 0.461. The Bertz CT molecular complexity index is 275. The highest BCUT2D eigenvalue weighted by Crippen LogP contribution is 2.11. The van der Waals surface area contributed by atoms with E-state index in [9.17, 15) is 4.79 Å². The van der Waals surface area contributed by atoms with E-state index < -0.39 is 5.97 Å². The van der Waals surface area contributed by atoms with Gasteiger partial charge in [-0.2, -0.15) is 0 Å². The average molecular weight is 168 g/mol. The van der Waals surface area contributed by atoms with Crippen LogP contribution < -0.4 is 0 Å². The molecule has 0 aliphatic heterocycles. The number of carboxylic acid groups (broad SMARTS) is 1. The number of carboxylic acids is 1. The number of hydrogen-bond acceptors (Lipinski definition) is 2. The van der Waals surface area contributed by atoms with Crippen LogP contribution >= 0.6 is 0 Å². The van der Waals surface area contributed by atoms with Crippen molar-refractivity contribution in [2.24, 2.45) is 5.92 Å². The first-order valence-corrected chi connectivity index (χ1v) is 3.87. The summed E-state index contributed by atoms with van der Waals surface area (Å²) in [4.78, 5) is 10.5. The molecule has 66 valence electrons. The largest absolute Gasteiger partial charge is 0.481 e. The highest BCUT2D eigenvalue weighted by atomic mass is 16.4. The Morgan fingerprint density at radius 3 is 2.75 bits per heavy atom. The van der Waals surface area contributed by atoms with Gasteiger partial charge in [-0.1, -0.05) is 6.92 Å². The van der Waals surface area contributed by atoms with Crippen molar-refractivity contribution in [2.45, 2.75) is 20.3 Å². The second-order valence-corrected chi connectivity index (χ2v) is 2.96. The lowest BCUT2D eigenvalue weighted by atomic mass is 10.1. The average Bonchev–Trinajstić information content (AvgIpc) is 2.35. The van der Waals surface area contributed by atoms with E-state index in [1.807, 2.05) is 19.1 Å². The first kappa shape index (κ1) is 8.84. The molecule has 0 radical (unpaired) electrons. The van der Waals surface area contributed by atoms with Crippen molar-refractivity contribution >= 4 is 5.97 Å². The van der Waals surface area contributed by atoms with E-state index >= 15 is 0 Å². The van der Waals surface area contributed by atoms with Gasteiger partial charge in [0.05, 0.1) is 5.92 Å². The summed E-state index contributed by atoms with van der Waals surface area (Å²) in [5.74, 6) is 0.393. The molecule has 0 aliphatic carbocycles. The molecule has 12 heavy (non-hydrogen) atoms. The Morgan fingerprint density at radius 1 is 1.67 bits per heavy atom. The zero-order chi connectivity index (χ0) is 9.14. The van der Waals surface area contributed by atoms with Gasteiger partial charge in [-0.3, -0.25) is 4.79 Å². The Kier molecular flexibility index (Phi) is 2.53. The molecule has 0 bridgehead atoms. The van der Waals surface area contributed by atoms with Gasteiger partial charge in [-0.15, -0.1) is 0 Å². The number of aryl methyl sites for hydroxylation is 1. The van der Waals surface area contributed by atoms with Crippen LogP contribution in [0.15, 0.2) is 16.5 Å². The van der Waals surface area contributed by atoms with Crippen LogP contribution in [0, 0.1) is 12.8 Å². The Labute approximate surface area is 71.0 Å². The molecule has 0 aromatic carbocycles. The minimum Gasteiger partial charge on any atom is -0.481 e. The number of aliphatic carboxylic acids is 1. The molecule has 0 saturated carbocycles. The van der Waals surface area contributed by atoms with E-state index in [1.54, 1.807) is 6.92 Å². The second kappa shape index (κ2) is 3.43. The fourth-order valence-corrected chi connectivity index (χ4v) is 0.984. The molecule has 0 unspecified atom stereocenters. The van der Waals surface area contributed by atoms with Crippen LogP contribution in [0.4, 0.5) is 0 Å². The maximum absolute atomic E-state index is 10.5. The van der Waals surface area contributed by atoms with Crippen molar-refractivity contribution in [3.63, 3.8) is 0 Å². The molecule has 0 saturated heterocycles. The number of carbonyl (C=O) groups is 1. The summed E-state index contributed by atoms with van der Waals surface area (Å²) < 4.78 is 5.24. The quantitative estimate of drug-likeness (QED) is 0.749. The van der Waals surface area contributed by atoms with Gasteiger partial charge in [0, 0.05) is 6.42 Å². The van der Waals surface area contributed by atoms with Gasteiger partial charge < -0.3 is 9.52 Å². The van der Waals surface area contributed by atoms with E-state index in [4.69, 9.17) is 9.52 Å². The lowest BCUT2D eigenvalue weighted by molar-refractivity contribution is -0.141. The van der Waals surface area contributed by atoms with Crippen LogP contribution in [-0.2, 0) is 11.2 Å². The van der Waals surface area contributed by atoms with Gasteiger partial charge in [-0.05, 0) is 19.1 Å². The molecule has 1 aromatic heterocycles. The van der Waals surface area contributed by atoms with E-state index in [-0.39, 0.29) is 5.92 Å². The third-order valence-electron chi connectivity index (χ3n) is 1.72. The SMILES string of the molecule is Cc1ccc(C[C@@H](C)C(=O)O)o1. The molecule has 0 fully saturated rings. The summed E-state index contributed by atoms with van der Waals surface area (Å²) in [7, 11) is 0. The predicted octanol–water partition coefficient (Wildman–Crippen LogP) is 1.85. The molecular formula is C9H12O3. The van der Waals surface area contributed by atoms with Crippen LogP contribution in [0.1, 0.15) is 18.4 Å². The molecule has 1 rings (SSSR count). The second-order valence-electron chi connectivity index (χ2n) is 2.96. The highest BCUT2D eigenvalue weighted by Gasteiger charge is 2.13. The van der Waals surface area contributed by atoms with Gasteiger partial charge in [0.2, 0.25) is 0 Å². The van der Waals surface area contributed by atoms with E-state index in [0.29, 0.717) is 6.42 Å². The molecule has 1 N–H and O–H groups in total. The van der Waals surface area contributed by atoms with Crippen molar-refractivity contribution in [3.8, 4) is 0 Å². The van der Waals surface area contributed by atoms with Crippen LogP contribution in [0.2, 0.25) is 0 Å². The highest BCUT2D eigenvalue weighted by molar-refractivity contribution is 5.69. The van der Waals surface area contributed by atoms with E-state index in [1.165, 1.54) is 0 Å². The molecule has 0 aliphatic rings. The number of hydrogen-bond donors (Lipinski definition) is 1. The maximum Gasteiger partial charge on any atom is 0.306 e. The summed E-state index contributed by atoms with van der Waals surface area (Å²) in [5, 5.41) is 8.61. The molecule has 1 atom stereocenters. The zero-order valence-corrected chi connectivity index (χ0v) is 7.20. The summed E-state index contributed by atoms with van der Waals surface area (Å²) in [6.45, 7) is 3.51. The Hall–Kier alpha value is -1.25. The van der Waals surface area contributed by atoms with Gasteiger partial charge in [-0.25, -0.2) is 0 Å². The third-order valence-corrected chi connectivity index (χ3v) is 1.72. The maximum atomic E-state index is 10.5. The lowest BCUT2D eigenvalue weighted by Gasteiger charge is -2.01. The molecule has 3 nitrogen and oxygen atoms in total. The van der Waals surface area contributed by atoms with Crippen molar-refractivity contribution in [2.75, 3.05) is 0 Å². The molecule has 0 amide bonds. The van der Waals surface area contributed by atoms with E-state index in [0.717, 1.165) is 11.5 Å². The van der Waals surface area contributed by atoms with Gasteiger partial charge in [0.25, 0.3) is 0 Å². The van der Waals surface area contributed by atoms with Crippen LogP contribution in [0.5, 0.6) is 0 Å². The lowest BCUT2D eigenvalue weighted by Crippen LogP contribution is -2.11. The number of rotatable bonds is 3. The van der Waals surface area contributed by atoms with Crippen molar-refractivity contribution in [1.29, 1.82) is 0 Å². The van der Waals surface area contributed by atoms with Gasteiger partial charge in [0.1, 0.15) is 11.5 Å². The Morgan fingerprint density at radius 2 is 2.33 bits per heavy atom. The van der Waals surface area contributed by atoms with Crippen LogP contribution in [0.25, 0.3) is 0 Å². The van der Waals surface area contributed by atoms with Crippen LogP contribution in [-0.4, -0.2) is 11.1 Å². The van der Waals surface area contributed by atoms with Gasteiger partial charge in [0.15, 0.2) is 0 Å². The van der Waals surface area contributed by atoms with Crippen molar-refractivity contribution < 1.29 is 14.3 Å². The van der Waals surface area contributed by atoms with Gasteiger partial charge >= 0.3 is 5.97 Å². The predicted molar refractivity (Wildman–Crippen MR) is 43.9 cm³/mol. The first-order valence-electron chi connectivity index (χ1n) is 3.87. The fourth-order valence-electron chi connectivity index (χ4n) is 0.984. The topological polar surface area (TPSA) is 50.4 Å². The summed E-state index contributed by atoms with van der Waals surface area (Å²) in [6, 6.07) is 3.65. The smallest absolute Gasteiger partial charge is 0.306 e. The summed E-state index contributed by atoms with van der Waals surface area (Å²) >= 11 is 0. The van der Waals surface area contributed by atoms with Crippen molar-refractivity contribution in [1.82, 2.24) is 0 Å².